The van der Waals surface area contributed by atoms with Crippen molar-refractivity contribution < 1.29 is 18.0 Å². The molecule has 0 aliphatic heterocycles. The molecule has 7 nitrogen and oxygen atoms in total. The van der Waals surface area contributed by atoms with Crippen molar-refractivity contribution in [1.82, 2.24) is 24.4 Å². The fourth-order valence-electron chi connectivity index (χ4n) is 3.18. The van der Waals surface area contributed by atoms with Crippen LogP contribution in [0.1, 0.15) is 33.1 Å². The lowest BCUT2D eigenvalue weighted by Crippen LogP contribution is -2.16. The van der Waals surface area contributed by atoms with Crippen LogP contribution in [0.25, 0.3) is 5.65 Å². The lowest BCUT2D eigenvalue weighted by molar-refractivity contribution is -0.142. The number of hydrogen-bond acceptors (Lipinski definition) is 4. The summed E-state index contributed by atoms with van der Waals surface area (Å²) in [5.41, 5.74) is -0.132. The maximum Gasteiger partial charge on any atom is 0.433 e. The maximum absolute atomic E-state index is 13.4. The largest absolute Gasteiger partial charge is 0.433 e. The zero-order valence-electron chi connectivity index (χ0n) is 17.0. The van der Waals surface area contributed by atoms with E-state index in [1.54, 1.807) is 35.9 Å². The van der Waals surface area contributed by atoms with E-state index in [0.717, 1.165) is 11.6 Å². The Morgan fingerprint density at radius 1 is 1.06 bits per heavy atom. The van der Waals surface area contributed by atoms with Crippen LogP contribution >= 0.6 is 34.8 Å². The second-order valence-corrected chi connectivity index (χ2v) is 8.40. The maximum atomic E-state index is 13.4. The Labute approximate surface area is 200 Å². The standard InChI is InChI=1S/C20H14Cl3F3N6O/c1-9-5-14(20(24,25)26)32-18(27-9)16(23)17(30-32)19(33)28-15-6-10(2)31(29-15)8-11-3-4-12(21)13(22)7-11/h3-7H,8H2,1-2H3,(H,28,29,33). The van der Waals surface area contributed by atoms with Gasteiger partial charge >= 0.3 is 6.18 Å². The lowest BCUT2D eigenvalue weighted by Gasteiger charge is -2.09. The normalized spacial score (nSPS) is 11.9. The summed E-state index contributed by atoms with van der Waals surface area (Å²) in [6, 6.07) is 7.58. The molecule has 4 aromatic rings. The Morgan fingerprint density at radius 3 is 2.45 bits per heavy atom. The number of carbonyl (C=O) groups excluding carboxylic acids is 1. The molecule has 0 aliphatic rings. The van der Waals surface area contributed by atoms with Gasteiger partial charge in [0.1, 0.15) is 10.7 Å². The molecule has 4 rings (SSSR count). The van der Waals surface area contributed by atoms with Gasteiger partial charge in [0.05, 0.1) is 16.6 Å². The van der Waals surface area contributed by atoms with E-state index in [1.807, 2.05) is 0 Å². The average Bonchev–Trinajstić information content (AvgIpc) is 3.23. The Kier molecular flexibility index (Phi) is 6.02. The number of aromatic nitrogens is 5. The van der Waals surface area contributed by atoms with Crippen molar-refractivity contribution in [3.8, 4) is 0 Å². The van der Waals surface area contributed by atoms with Crippen LogP contribution in [0.5, 0.6) is 0 Å². The van der Waals surface area contributed by atoms with Crippen LogP contribution in [0, 0.1) is 13.8 Å². The topological polar surface area (TPSA) is 77.1 Å². The molecular formula is C20H14Cl3F3N6O. The number of halogens is 6. The molecule has 3 aromatic heterocycles. The van der Waals surface area contributed by atoms with Crippen LogP contribution in [-0.2, 0) is 12.7 Å². The number of nitrogens with one attached hydrogen (secondary N) is 1. The molecule has 1 aromatic carbocycles. The molecule has 3 heterocycles. The lowest BCUT2D eigenvalue weighted by atomic mass is 10.2. The van der Waals surface area contributed by atoms with Crippen molar-refractivity contribution in [2.75, 3.05) is 5.32 Å². The third kappa shape index (κ3) is 4.64. The summed E-state index contributed by atoms with van der Waals surface area (Å²) in [6.45, 7) is 3.52. The van der Waals surface area contributed by atoms with Gasteiger partial charge in [0, 0.05) is 17.5 Å². The van der Waals surface area contributed by atoms with E-state index < -0.39 is 23.5 Å². The second-order valence-electron chi connectivity index (χ2n) is 7.21. The smallest absolute Gasteiger partial charge is 0.304 e. The number of rotatable bonds is 4. The van der Waals surface area contributed by atoms with E-state index in [9.17, 15) is 18.0 Å². The van der Waals surface area contributed by atoms with E-state index >= 15 is 0 Å². The van der Waals surface area contributed by atoms with Gasteiger partial charge in [0.2, 0.25) is 0 Å². The SMILES string of the molecule is Cc1cc(C(F)(F)F)n2nc(C(=O)Nc3cc(C)n(Cc4ccc(Cl)c(Cl)c4)n3)c(Cl)c2n1. The summed E-state index contributed by atoms with van der Waals surface area (Å²) in [6.07, 6.45) is -4.71. The highest BCUT2D eigenvalue weighted by molar-refractivity contribution is 6.42. The van der Waals surface area contributed by atoms with E-state index in [-0.39, 0.29) is 22.2 Å². The predicted octanol–water partition coefficient (Wildman–Crippen LogP) is 5.82. The Bertz CT molecular complexity index is 1400. The first-order chi connectivity index (χ1) is 15.4. The van der Waals surface area contributed by atoms with Crippen LogP contribution in [0.15, 0.2) is 30.3 Å². The molecule has 1 N–H and O–H groups in total. The number of carbonyl (C=O) groups is 1. The first kappa shape index (κ1) is 23.3. The summed E-state index contributed by atoms with van der Waals surface area (Å²) in [5, 5.41) is 11.1. The van der Waals surface area contributed by atoms with Gasteiger partial charge in [-0.25, -0.2) is 9.50 Å². The van der Waals surface area contributed by atoms with Gasteiger partial charge in [-0.2, -0.15) is 23.4 Å². The fraction of sp³-hybridized carbons (Fsp3) is 0.200. The van der Waals surface area contributed by atoms with Crippen LogP contribution in [0.2, 0.25) is 15.1 Å². The van der Waals surface area contributed by atoms with Gasteiger partial charge < -0.3 is 5.32 Å². The molecule has 0 unspecified atom stereocenters. The van der Waals surface area contributed by atoms with Gasteiger partial charge in [0.25, 0.3) is 5.91 Å². The van der Waals surface area contributed by atoms with Crippen molar-refractivity contribution in [1.29, 1.82) is 0 Å². The molecule has 0 saturated carbocycles. The van der Waals surface area contributed by atoms with Crippen molar-refractivity contribution in [2.45, 2.75) is 26.6 Å². The Morgan fingerprint density at radius 2 is 1.79 bits per heavy atom. The molecular weight excluding hydrogens is 504 g/mol. The molecule has 172 valence electrons. The molecule has 33 heavy (non-hydrogen) atoms. The molecule has 0 spiro atoms. The monoisotopic (exact) mass is 516 g/mol. The summed E-state index contributed by atoms with van der Waals surface area (Å²) < 4.78 is 42.3. The third-order valence-electron chi connectivity index (χ3n) is 4.71. The number of alkyl halides is 3. The minimum Gasteiger partial charge on any atom is -0.304 e. The first-order valence-electron chi connectivity index (χ1n) is 9.37. The molecule has 0 atom stereocenters. The average molecular weight is 518 g/mol. The predicted molar refractivity (Wildman–Crippen MR) is 118 cm³/mol. The number of nitrogens with zero attached hydrogens (tertiary/aromatic N) is 5. The van der Waals surface area contributed by atoms with Crippen molar-refractivity contribution in [2.24, 2.45) is 0 Å². The molecule has 0 radical (unpaired) electrons. The molecule has 0 saturated heterocycles. The number of amides is 1. The number of aryl methyl sites for hydroxylation is 2. The van der Waals surface area contributed by atoms with Crippen molar-refractivity contribution >= 4 is 52.2 Å². The van der Waals surface area contributed by atoms with Gasteiger partial charge in [-0.05, 0) is 37.6 Å². The Balaban J connectivity index is 1.62. The quantitative estimate of drug-likeness (QED) is 0.370. The van der Waals surface area contributed by atoms with Crippen LogP contribution in [0.3, 0.4) is 0 Å². The van der Waals surface area contributed by atoms with Crippen molar-refractivity contribution in [3.63, 3.8) is 0 Å². The first-order valence-corrected chi connectivity index (χ1v) is 10.5. The van der Waals surface area contributed by atoms with Crippen LogP contribution < -0.4 is 5.32 Å². The van der Waals surface area contributed by atoms with Crippen LogP contribution in [0.4, 0.5) is 19.0 Å². The highest BCUT2D eigenvalue weighted by atomic mass is 35.5. The highest BCUT2D eigenvalue weighted by Gasteiger charge is 2.36. The summed E-state index contributed by atoms with van der Waals surface area (Å²) in [5.74, 6) is -0.652. The number of hydrogen-bond donors (Lipinski definition) is 1. The van der Waals surface area contributed by atoms with E-state index in [4.69, 9.17) is 34.8 Å². The number of fused-ring (bicyclic) bond motifs is 1. The van der Waals surface area contributed by atoms with Crippen LogP contribution in [-0.4, -0.2) is 30.3 Å². The number of benzene rings is 1. The summed E-state index contributed by atoms with van der Waals surface area (Å²) in [7, 11) is 0. The van der Waals surface area contributed by atoms with Gasteiger partial charge in [-0.3, -0.25) is 9.48 Å². The Hall–Kier alpha value is -2.82. The molecule has 0 aliphatic carbocycles. The third-order valence-corrected chi connectivity index (χ3v) is 5.79. The van der Waals surface area contributed by atoms with E-state index in [2.05, 4.69) is 20.5 Å². The minimum absolute atomic E-state index is 0.0836. The van der Waals surface area contributed by atoms with Gasteiger partial charge in [-0.1, -0.05) is 40.9 Å². The van der Waals surface area contributed by atoms with Crippen molar-refractivity contribution in [3.05, 3.63) is 73.7 Å². The fourth-order valence-corrected chi connectivity index (χ4v) is 3.74. The van der Waals surface area contributed by atoms with Gasteiger partial charge in [-0.15, -0.1) is 0 Å². The number of anilines is 1. The van der Waals surface area contributed by atoms with E-state index in [0.29, 0.717) is 26.8 Å². The van der Waals surface area contributed by atoms with Gasteiger partial charge in [0.15, 0.2) is 17.2 Å². The summed E-state index contributed by atoms with van der Waals surface area (Å²) in [4.78, 5) is 16.7. The zero-order valence-corrected chi connectivity index (χ0v) is 19.3. The summed E-state index contributed by atoms with van der Waals surface area (Å²) >= 11 is 18.1. The molecule has 0 bridgehead atoms. The minimum atomic E-state index is -4.71. The highest BCUT2D eigenvalue weighted by Crippen LogP contribution is 2.32. The van der Waals surface area contributed by atoms with E-state index in [1.165, 1.54) is 6.92 Å². The zero-order chi connectivity index (χ0) is 24.1. The second kappa shape index (κ2) is 8.51. The molecule has 13 heteroatoms. The molecule has 0 fully saturated rings. The molecule has 1 amide bonds.